The zero-order valence-corrected chi connectivity index (χ0v) is 18.4. The van der Waals surface area contributed by atoms with Crippen LogP contribution in [-0.4, -0.2) is 26.5 Å². The Morgan fingerprint density at radius 2 is 1.57 bits per heavy atom. The van der Waals surface area contributed by atoms with Crippen LogP contribution in [0.5, 0.6) is 0 Å². The van der Waals surface area contributed by atoms with Gasteiger partial charge in [0.2, 0.25) is 10.0 Å². The van der Waals surface area contributed by atoms with Gasteiger partial charge in [-0.2, -0.15) is 4.72 Å². The van der Waals surface area contributed by atoms with Gasteiger partial charge in [-0.05, 0) is 35.3 Å². The number of Topliss-reactive ketones (excluding diaryl/α,β-unsaturated/α-hetero) is 1. The number of nitrogens with one attached hydrogen (secondary N) is 1. The number of carbonyl (C=O) groups is 1. The summed E-state index contributed by atoms with van der Waals surface area (Å²) >= 11 is 0. The molecule has 0 amide bonds. The van der Waals surface area contributed by atoms with Gasteiger partial charge in [0.15, 0.2) is 0 Å². The summed E-state index contributed by atoms with van der Waals surface area (Å²) in [6.45, 7) is 4.17. The molecule has 6 heteroatoms. The summed E-state index contributed by atoms with van der Waals surface area (Å²) in [6, 6.07) is 18.8. The van der Waals surface area contributed by atoms with Crippen molar-refractivity contribution in [3.05, 3.63) is 71.8 Å². The van der Waals surface area contributed by atoms with Crippen molar-refractivity contribution in [2.75, 3.05) is 12.3 Å². The minimum Gasteiger partial charge on any atom is -0.328 e. The molecule has 0 heterocycles. The van der Waals surface area contributed by atoms with E-state index in [4.69, 9.17) is 5.73 Å². The average molecular weight is 427 g/mol. The highest BCUT2D eigenvalue weighted by atomic mass is 32.2. The van der Waals surface area contributed by atoms with Crippen LogP contribution in [0, 0.1) is 16.7 Å². The Morgan fingerprint density at radius 3 is 1.97 bits per heavy atom. The van der Waals surface area contributed by atoms with Gasteiger partial charge < -0.3 is 5.73 Å². The van der Waals surface area contributed by atoms with E-state index in [9.17, 15) is 13.2 Å². The number of benzene rings is 2. The molecule has 0 aromatic heterocycles. The molecule has 0 spiro atoms. The van der Waals surface area contributed by atoms with Crippen LogP contribution in [0.25, 0.3) is 0 Å². The Bertz CT molecular complexity index is 995. The lowest BCUT2D eigenvalue weighted by molar-refractivity contribution is -0.128. The molecule has 0 unspecified atom stereocenters. The topological polar surface area (TPSA) is 89.3 Å². The van der Waals surface area contributed by atoms with Crippen LogP contribution < -0.4 is 10.5 Å². The second-order valence-corrected chi connectivity index (χ2v) is 11.1. The van der Waals surface area contributed by atoms with Gasteiger partial charge in [-0.15, -0.1) is 0 Å². The van der Waals surface area contributed by atoms with Gasteiger partial charge in [0, 0.05) is 18.4 Å². The Labute approximate surface area is 179 Å². The van der Waals surface area contributed by atoms with Crippen molar-refractivity contribution in [2.24, 2.45) is 22.5 Å². The van der Waals surface area contributed by atoms with Crippen molar-refractivity contribution in [1.29, 1.82) is 0 Å². The molecule has 2 atom stereocenters. The predicted molar refractivity (Wildman–Crippen MR) is 118 cm³/mol. The molecule has 3 N–H and O–H groups in total. The predicted octanol–water partition coefficient (Wildman–Crippen LogP) is 3.20. The molecule has 2 aromatic rings. The third-order valence-electron chi connectivity index (χ3n) is 7.74. The highest BCUT2D eigenvalue weighted by molar-refractivity contribution is 7.89. The quantitative estimate of drug-likeness (QED) is 0.711. The summed E-state index contributed by atoms with van der Waals surface area (Å²) in [4.78, 5) is 12.9. The molecule has 2 aromatic carbocycles. The first kappa shape index (κ1) is 21.2. The van der Waals surface area contributed by atoms with Gasteiger partial charge in [0.05, 0.1) is 11.3 Å². The average Bonchev–Trinajstić information content (AvgIpc) is 3.07. The molecule has 160 valence electrons. The maximum atomic E-state index is 13.6. The Balaban J connectivity index is 1.76. The first-order valence-electron chi connectivity index (χ1n) is 10.5. The Kier molecular flexibility index (Phi) is 5.16. The first-order valence-corrected chi connectivity index (χ1v) is 12.2. The molecule has 2 aliphatic carbocycles. The fourth-order valence-electron chi connectivity index (χ4n) is 5.74. The third-order valence-corrected chi connectivity index (χ3v) is 9.28. The zero-order chi connectivity index (χ0) is 21.6. The zero-order valence-electron chi connectivity index (χ0n) is 17.6. The van der Waals surface area contributed by atoms with Crippen molar-refractivity contribution in [3.63, 3.8) is 0 Å². The summed E-state index contributed by atoms with van der Waals surface area (Å²) in [5.41, 5.74) is 5.57. The van der Waals surface area contributed by atoms with Gasteiger partial charge >= 0.3 is 0 Å². The molecule has 2 bridgehead atoms. The number of ketones is 1. The molecule has 0 saturated heterocycles. The minimum absolute atomic E-state index is 0.0627. The van der Waals surface area contributed by atoms with Crippen molar-refractivity contribution >= 4 is 15.8 Å². The van der Waals surface area contributed by atoms with E-state index in [0.29, 0.717) is 12.8 Å². The third kappa shape index (κ3) is 3.13. The molecular formula is C24H30N2O3S. The van der Waals surface area contributed by atoms with E-state index in [0.717, 1.165) is 17.5 Å². The van der Waals surface area contributed by atoms with Crippen molar-refractivity contribution in [2.45, 2.75) is 38.6 Å². The van der Waals surface area contributed by atoms with Gasteiger partial charge in [-0.1, -0.05) is 74.5 Å². The van der Waals surface area contributed by atoms with Crippen LogP contribution in [0.3, 0.4) is 0 Å². The van der Waals surface area contributed by atoms with Gasteiger partial charge in [-0.25, -0.2) is 8.42 Å². The molecule has 30 heavy (non-hydrogen) atoms. The van der Waals surface area contributed by atoms with E-state index in [1.54, 1.807) is 0 Å². The second kappa shape index (κ2) is 7.29. The van der Waals surface area contributed by atoms with Crippen LogP contribution in [0.1, 0.15) is 44.2 Å². The molecule has 2 fully saturated rings. The lowest BCUT2D eigenvalue weighted by Gasteiger charge is -2.39. The SMILES string of the molecule is CC1(C)[C@H]2CC[C@@]1(CS(=O)(=O)NC(CN)(c1ccccc1)c1ccccc1)C(=O)C2. The minimum atomic E-state index is -3.83. The summed E-state index contributed by atoms with van der Waals surface area (Å²) < 4.78 is 30.2. The standard InChI is InChI=1S/C24H30N2O3S/c1-22(2)20-13-14-23(22,21(27)15-20)17-30(28,29)26-24(16-25,18-9-5-3-6-10-18)19-11-7-4-8-12-19/h3-12,20,26H,13-17,25H2,1-2H3/t20-,23+/m0/s1. The largest absolute Gasteiger partial charge is 0.328 e. The van der Waals surface area contributed by atoms with E-state index < -0.39 is 21.0 Å². The Morgan fingerprint density at radius 1 is 1.03 bits per heavy atom. The van der Waals surface area contributed by atoms with Crippen LogP contribution in [0.2, 0.25) is 0 Å². The van der Waals surface area contributed by atoms with Gasteiger partial charge in [-0.3, -0.25) is 4.79 Å². The fraction of sp³-hybridized carbons (Fsp3) is 0.458. The number of hydrogen-bond donors (Lipinski definition) is 2. The van der Waals surface area contributed by atoms with Crippen LogP contribution in [-0.2, 0) is 20.4 Å². The summed E-state index contributed by atoms with van der Waals surface area (Å²) in [6.07, 6.45) is 2.03. The highest BCUT2D eigenvalue weighted by Crippen LogP contribution is 2.64. The molecule has 0 radical (unpaired) electrons. The van der Waals surface area contributed by atoms with E-state index in [1.165, 1.54) is 0 Å². The molecule has 2 aliphatic rings. The van der Waals surface area contributed by atoms with E-state index in [1.807, 2.05) is 60.7 Å². The smallest absolute Gasteiger partial charge is 0.213 e. The number of carbonyl (C=O) groups excluding carboxylic acids is 1. The lowest BCUT2D eigenvalue weighted by atomic mass is 9.70. The number of nitrogens with two attached hydrogens (primary N) is 1. The lowest BCUT2D eigenvalue weighted by Crippen LogP contribution is -2.55. The first-order chi connectivity index (χ1) is 14.2. The summed E-state index contributed by atoms with van der Waals surface area (Å²) in [7, 11) is -3.83. The molecule has 5 nitrogen and oxygen atoms in total. The van der Waals surface area contributed by atoms with Crippen LogP contribution >= 0.6 is 0 Å². The van der Waals surface area contributed by atoms with Crippen molar-refractivity contribution < 1.29 is 13.2 Å². The van der Waals surface area contributed by atoms with Gasteiger partial charge in [0.1, 0.15) is 5.78 Å². The van der Waals surface area contributed by atoms with Crippen molar-refractivity contribution in [1.82, 2.24) is 4.72 Å². The number of sulfonamides is 1. The maximum absolute atomic E-state index is 13.6. The molecule has 2 saturated carbocycles. The Hall–Kier alpha value is -2.02. The number of rotatable bonds is 7. The normalized spacial score (nSPS) is 25.6. The number of fused-ring (bicyclic) bond motifs is 2. The maximum Gasteiger partial charge on any atom is 0.213 e. The van der Waals surface area contributed by atoms with Crippen molar-refractivity contribution in [3.8, 4) is 0 Å². The highest BCUT2D eigenvalue weighted by Gasteiger charge is 2.65. The monoisotopic (exact) mass is 426 g/mol. The molecule has 0 aliphatic heterocycles. The molecular weight excluding hydrogens is 396 g/mol. The summed E-state index contributed by atoms with van der Waals surface area (Å²) in [5, 5.41) is 0. The van der Waals surface area contributed by atoms with E-state index in [2.05, 4.69) is 18.6 Å². The fourth-order valence-corrected chi connectivity index (χ4v) is 7.99. The molecule has 4 rings (SSSR count). The summed E-state index contributed by atoms with van der Waals surface area (Å²) in [5.74, 6) is 0.165. The van der Waals surface area contributed by atoms with E-state index >= 15 is 0 Å². The van der Waals surface area contributed by atoms with Gasteiger partial charge in [0.25, 0.3) is 0 Å². The van der Waals surface area contributed by atoms with Crippen LogP contribution in [0.4, 0.5) is 0 Å². The van der Waals surface area contributed by atoms with E-state index in [-0.39, 0.29) is 29.4 Å². The second-order valence-electron chi connectivity index (χ2n) is 9.37. The van der Waals surface area contributed by atoms with Crippen LogP contribution in [0.15, 0.2) is 60.7 Å². The number of hydrogen-bond acceptors (Lipinski definition) is 4.